The van der Waals surface area contributed by atoms with Crippen LogP contribution in [0.2, 0.25) is 0 Å². The Morgan fingerprint density at radius 3 is 2.78 bits per heavy atom. The lowest BCUT2D eigenvalue weighted by Gasteiger charge is -2.29. The molecule has 0 aliphatic carbocycles. The molecule has 0 radical (unpaired) electrons. The number of aryl methyl sites for hydroxylation is 1. The van der Waals surface area contributed by atoms with Crippen LogP contribution in [0.15, 0.2) is 72.0 Å². The Morgan fingerprint density at radius 2 is 1.97 bits per heavy atom. The van der Waals surface area contributed by atoms with E-state index in [1.807, 2.05) is 54.7 Å². The van der Waals surface area contributed by atoms with Crippen LogP contribution in [-0.2, 0) is 11.2 Å². The lowest BCUT2D eigenvalue weighted by Crippen LogP contribution is -2.36. The van der Waals surface area contributed by atoms with Crippen molar-refractivity contribution >= 4 is 34.5 Å². The average molecular weight is 498 g/mol. The van der Waals surface area contributed by atoms with Crippen LogP contribution in [0.1, 0.15) is 28.4 Å². The lowest BCUT2D eigenvalue weighted by molar-refractivity contribution is 0.0941. The fraction of sp³-hybridized carbons (Fsp3) is 0.276. The summed E-state index contributed by atoms with van der Waals surface area (Å²) in [7, 11) is 0. The number of carbonyl (C=O) groups excluding carboxylic acids is 1. The maximum atomic E-state index is 12.1. The van der Waals surface area contributed by atoms with Crippen molar-refractivity contribution in [3.63, 3.8) is 0 Å². The minimum absolute atomic E-state index is 0.00909. The molecule has 3 heterocycles. The fourth-order valence-corrected chi connectivity index (χ4v) is 4.53. The molecule has 5 rings (SSSR count). The molecule has 0 saturated carbocycles. The van der Waals surface area contributed by atoms with Gasteiger partial charge in [0.15, 0.2) is 5.82 Å². The van der Waals surface area contributed by atoms with Gasteiger partial charge in [0.1, 0.15) is 0 Å². The highest BCUT2D eigenvalue weighted by Gasteiger charge is 2.15. The van der Waals surface area contributed by atoms with Crippen LogP contribution in [0.4, 0.5) is 11.5 Å². The molecule has 2 aromatic carbocycles. The second kappa shape index (κ2) is 11.3. The monoisotopic (exact) mass is 497 g/mol. The second-order valence-corrected chi connectivity index (χ2v) is 9.09. The Kier molecular flexibility index (Phi) is 7.46. The molecule has 1 N–H and O–H groups in total. The molecule has 0 amide bonds. The summed E-state index contributed by atoms with van der Waals surface area (Å²) in [5, 5.41) is 5.45. The number of pyridine rings is 1. The van der Waals surface area contributed by atoms with E-state index in [-0.39, 0.29) is 5.91 Å². The second-order valence-electron chi connectivity index (χ2n) is 9.09. The molecular formula is C29H31N5O3. The molecule has 0 unspecified atom stereocenters. The van der Waals surface area contributed by atoms with Gasteiger partial charge in [0.25, 0.3) is 0 Å². The van der Waals surface area contributed by atoms with Crippen molar-refractivity contribution < 1.29 is 14.3 Å². The summed E-state index contributed by atoms with van der Waals surface area (Å²) in [5.41, 5.74) is 8.24. The normalized spacial score (nSPS) is 13.8. The van der Waals surface area contributed by atoms with Gasteiger partial charge in [-0.25, -0.2) is 0 Å². The van der Waals surface area contributed by atoms with Gasteiger partial charge in [-0.3, -0.25) is 14.8 Å². The summed E-state index contributed by atoms with van der Waals surface area (Å²) in [6, 6.07) is 20.0. The number of morpholine rings is 1. The van der Waals surface area contributed by atoms with Crippen molar-refractivity contribution in [1.82, 2.24) is 9.55 Å². The third kappa shape index (κ3) is 5.98. The minimum atomic E-state index is -0.00909. The molecule has 0 atom stereocenters. The van der Waals surface area contributed by atoms with E-state index in [9.17, 15) is 4.79 Å². The first kappa shape index (κ1) is 24.5. The molecule has 8 nitrogen and oxygen atoms in total. The standard InChI is InChI=1S/C29H31N5O3/c1-21-6-5-7-23(16-21)19-30-32-28-17-25(33-11-14-36-15-12-33)18-29(31-28)37-13-10-24-20-34(22(2)35)27-9-4-3-8-26(24)27/h3-9,16-20H,10-15H2,1-2H3,(H,31,32). The van der Waals surface area contributed by atoms with E-state index >= 15 is 0 Å². The van der Waals surface area contributed by atoms with Crippen LogP contribution in [0.25, 0.3) is 10.9 Å². The van der Waals surface area contributed by atoms with Gasteiger partial charge >= 0.3 is 0 Å². The first-order valence-corrected chi connectivity index (χ1v) is 12.5. The van der Waals surface area contributed by atoms with Crippen molar-refractivity contribution in [1.29, 1.82) is 0 Å². The number of hydrogen-bond donors (Lipinski definition) is 1. The van der Waals surface area contributed by atoms with E-state index in [2.05, 4.69) is 39.5 Å². The Bertz CT molecular complexity index is 1420. The highest BCUT2D eigenvalue weighted by Crippen LogP contribution is 2.26. The largest absolute Gasteiger partial charge is 0.477 e. The number of benzene rings is 2. The van der Waals surface area contributed by atoms with Crippen LogP contribution < -0.4 is 15.1 Å². The Morgan fingerprint density at radius 1 is 1.14 bits per heavy atom. The molecule has 1 fully saturated rings. The van der Waals surface area contributed by atoms with Gasteiger partial charge in [0, 0.05) is 55.8 Å². The van der Waals surface area contributed by atoms with Gasteiger partial charge in [-0.15, -0.1) is 0 Å². The number of aromatic nitrogens is 2. The fourth-order valence-electron chi connectivity index (χ4n) is 4.53. The molecule has 37 heavy (non-hydrogen) atoms. The van der Waals surface area contributed by atoms with Crippen molar-refractivity contribution in [3.8, 4) is 5.88 Å². The van der Waals surface area contributed by atoms with Crippen LogP contribution in [-0.4, -0.2) is 54.6 Å². The Balaban J connectivity index is 1.33. The van der Waals surface area contributed by atoms with Gasteiger partial charge in [0.2, 0.25) is 11.8 Å². The maximum absolute atomic E-state index is 12.1. The zero-order valence-corrected chi connectivity index (χ0v) is 21.2. The number of fused-ring (bicyclic) bond motifs is 1. The molecule has 2 aromatic heterocycles. The number of hydrazone groups is 1. The number of hydrogen-bond acceptors (Lipinski definition) is 7. The number of anilines is 2. The molecule has 1 saturated heterocycles. The highest BCUT2D eigenvalue weighted by molar-refractivity contribution is 5.93. The SMILES string of the molecule is CC(=O)n1cc(CCOc2cc(N3CCOCC3)cc(NN=Cc3cccc(C)c3)n2)c2ccccc21. The first-order chi connectivity index (χ1) is 18.1. The first-order valence-electron chi connectivity index (χ1n) is 12.5. The number of nitrogens with one attached hydrogen (secondary N) is 1. The van der Waals surface area contributed by atoms with Gasteiger partial charge in [-0.05, 0) is 24.1 Å². The predicted molar refractivity (Wildman–Crippen MR) is 147 cm³/mol. The van der Waals surface area contributed by atoms with Gasteiger partial charge in [-0.2, -0.15) is 10.1 Å². The maximum Gasteiger partial charge on any atom is 0.227 e. The van der Waals surface area contributed by atoms with Crippen LogP contribution >= 0.6 is 0 Å². The molecule has 1 aliphatic heterocycles. The van der Waals surface area contributed by atoms with E-state index in [0.29, 0.717) is 37.9 Å². The van der Waals surface area contributed by atoms with E-state index in [0.717, 1.165) is 40.8 Å². The van der Waals surface area contributed by atoms with Crippen LogP contribution in [0, 0.1) is 6.92 Å². The molecule has 0 bridgehead atoms. The Labute approximate surface area is 216 Å². The summed E-state index contributed by atoms with van der Waals surface area (Å²) in [6.45, 7) is 7.04. The molecule has 190 valence electrons. The number of carbonyl (C=O) groups is 1. The smallest absolute Gasteiger partial charge is 0.227 e. The summed E-state index contributed by atoms with van der Waals surface area (Å²) in [4.78, 5) is 19.0. The van der Waals surface area contributed by atoms with Crippen molar-refractivity contribution in [2.24, 2.45) is 5.10 Å². The van der Waals surface area contributed by atoms with Crippen molar-refractivity contribution in [2.45, 2.75) is 20.3 Å². The van der Waals surface area contributed by atoms with Gasteiger partial charge < -0.3 is 14.4 Å². The molecule has 4 aromatic rings. The summed E-state index contributed by atoms with van der Waals surface area (Å²) >= 11 is 0. The highest BCUT2D eigenvalue weighted by atomic mass is 16.5. The van der Waals surface area contributed by atoms with E-state index in [1.165, 1.54) is 5.56 Å². The van der Waals surface area contributed by atoms with E-state index in [4.69, 9.17) is 9.47 Å². The zero-order chi connectivity index (χ0) is 25.6. The summed E-state index contributed by atoms with van der Waals surface area (Å²) in [5.74, 6) is 1.12. The molecular weight excluding hydrogens is 466 g/mol. The molecule has 0 spiro atoms. The lowest BCUT2D eigenvalue weighted by atomic mass is 10.1. The average Bonchev–Trinajstić information content (AvgIpc) is 3.28. The third-order valence-corrected chi connectivity index (χ3v) is 6.35. The zero-order valence-electron chi connectivity index (χ0n) is 21.2. The van der Waals surface area contributed by atoms with Crippen molar-refractivity contribution in [3.05, 3.63) is 83.6 Å². The van der Waals surface area contributed by atoms with E-state index < -0.39 is 0 Å². The topological polar surface area (TPSA) is 81.0 Å². The predicted octanol–water partition coefficient (Wildman–Crippen LogP) is 4.91. The van der Waals surface area contributed by atoms with Crippen LogP contribution in [0.5, 0.6) is 5.88 Å². The number of para-hydroxylation sites is 1. The summed E-state index contributed by atoms with van der Waals surface area (Å²) < 4.78 is 13.3. The molecule has 1 aliphatic rings. The summed E-state index contributed by atoms with van der Waals surface area (Å²) in [6.07, 6.45) is 4.33. The molecule has 8 heteroatoms. The van der Waals surface area contributed by atoms with Gasteiger partial charge in [0.05, 0.1) is 31.6 Å². The number of rotatable bonds is 8. The van der Waals surface area contributed by atoms with Crippen LogP contribution in [0.3, 0.4) is 0 Å². The third-order valence-electron chi connectivity index (χ3n) is 6.35. The number of ether oxygens (including phenoxy) is 2. The van der Waals surface area contributed by atoms with Gasteiger partial charge in [-0.1, -0.05) is 48.0 Å². The Hall–Kier alpha value is -4.17. The van der Waals surface area contributed by atoms with E-state index in [1.54, 1.807) is 17.7 Å². The quantitative estimate of drug-likeness (QED) is 0.275. The number of nitrogens with zero attached hydrogens (tertiary/aromatic N) is 4. The minimum Gasteiger partial charge on any atom is -0.477 e. The van der Waals surface area contributed by atoms with Crippen molar-refractivity contribution in [2.75, 3.05) is 43.2 Å².